The predicted molar refractivity (Wildman–Crippen MR) is 151 cm³/mol. The lowest BCUT2D eigenvalue weighted by Gasteiger charge is -2.26. The molecular formula is C26H28FN7O5S2. The summed E-state index contributed by atoms with van der Waals surface area (Å²) in [6.07, 6.45) is 7.87. The monoisotopic (exact) mass is 601 g/mol. The van der Waals surface area contributed by atoms with E-state index in [9.17, 15) is 27.5 Å². The molecule has 0 aliphatic carbocycles. The molecule has 1 amide bonds. The molecule has 0 radical (unpaired) electrons. The highest BCUT2D eigenvalue weighted by Gasteiger charge is 2.35. The molecule has 1 N–H and O–H groups in total. The average Bonchev–Trinajstić information content (AvgIpc) is 3.65. The van der Waals surface area contributed by atoms with Crippen molar-refractivity contribution in [2.75, 3.05) is 37.5 Å². The van der Waals surface area contributed by atoms with Crippen molar-refractivity contribution >= 4 is 38.9 Å². The van der Waals surface area contributed by atoms with Crippen LogP contribution in [0.3, 0.4) is 0 Å². The number of nitrogens with zero attached hydrogens (tertiary/aromatic N) is 7. The lowest BCUT2D eigenvalue weighted by Crippen LogP contribution is -2.37. The van der Waals surface area contributed by atoms with Gasteiger partial charge in [-0.1, -0.05) is 6.07 Å². The number of anilines is 1. The van der Waals surface area contributed by atoms with Crippen molar-refractivity contribution in [3.8, 4) is 16.5 Å². The lowest BCUT2D eigenvalue weighted by molar-refractivity contribution is -0.132. The molecule has 1 aromatic carbocycles. The molecule has 5 heterocycles. The van der Waals surface area contributed by atoms with E-state index >= 15 is 0 Å². The van der Waals surface area contributed by atoms with Crippen molar-refractivity contribution < 1.29 is 22.7 Å². The van der Waals surface area contributed by atoms with E-state index in [1.807, 2.05) is 4.90 Å². The fraction of sp³-hybridized carbons (Fsp3) is 0.385. The third-order valence-electron chi connectivity index (χ3n) is 7.47. The van der Waals surface area contributed by atoms with Crippen LogP contribution in [0.5, 0.6) is 5.75 Å². The Morgan fingerprint density at radius 1 is 1.12 bits per heavy atom. The number of carbonyl (C=O) groups is 1. The van der Waals surface area contributed by atoms with Gasteiger partial charge < -0.3 is 14.6 Å². The van der Waals surface area contributed by atoms with Crippen molar-refractivity contribution in [3.05, 3.63) is 63.4 Å². The van der Waals surface area contributed by atoms with Gasteiger partial charge in [-0.25, -0.2) is 18.8 Å². The van der Waals surface area contributed by atoms with Crippen LogP contribution in [0.15, 0.2) is 41.6 Å². The SMILES string of the molecule is CN1CCN(c2cc(F)ccc2Cc2cnc(-c3nc4n(CC(=O)N5CCCCC5)ccn4c(=O)c3O)s2)S1(=O)=O. The van der Waals surface area contributed by atoms with Gasteiger partial charge in [-0.05, 0) is 37.0 Å². The van der Waals surface area contributed by atoms with Crippen LogP contribution in [0.4, 0.5) is 10.1 Å². The van der Waals surface area contributed by atoms with E-state index < -0.39 is 27.3 Å². The smallest absolute Gasteiger partial charge is 0.303 e. The van der Waals surface area contributed by atoms with Gasteiger partial charge in [-0.2, -0.15) is 12.7 Å². The third kappa shape index (κ3) is 4.97. The van der Waals surface area contributed by atoms with Crippen LogP contribution in [0.1, 0.15) is 29.7 Å². The molecule has 15 heteroatoms. The molecule has 216 valence electrons. The van der Waals surface area contributed by atoms with Gasteiger partial charge in [0.15, 0.2) is 5.69 Å². The molecular weight excluding hydrogens is 573 g/mol. The number of thiazole rings is 1. The zero-order chi connectivity index (χ0) is 28.9. The largest absolute Gasteiger partial charge is 0.501 e. The second-order valence-corrected chi connectivity index (χ2v) is 13.2. The molecule has 41 heavy (non-hydrogen) atoms. The predicted octanol–water partition coefficient (Wildman–Crippen LogP) is 2.06. The first-order chi connectivity index (χ1) is 19.6. The average molecular weight is 602 g/mol. The summed E-state index contributed by atoms with van der Waals surface area (Å²) in [6.45, 7) is 1.91. The molecule has 2 fully saturated rings. The Morgan fingerprint density at radius 2 is 1.90 bits per heavy atom. The Labute approximate surface area is 239 Å². The number of amides is 1. The molecule has 0 bridgehead atoms. The molecule has 0 spiro atoms. The molecule has 2 saturated heterocycles. The Bertz CT molecular complexity index is 1810. The minimum atomic E-state index is -3.76. The summed E-state index contributed by atoms with van der Waals surface area (Å²) in [5.41, 5.74) is 0.134. The minimum absolute atomic E-state index is 0.0121. The first kappa shape index (κ1) is 27.4. The fourth-order valence-corrected chi connectivity index (χ4v) is 7.51. The minimum Gasteiger partial charge on any atom is -0.501 e. The summed E-state index contributed by atoms with van der Waals surface area (Å²) in [7, 11) is -2.28. The van der Waals surface area contributed by atoms with E-state index in [1.54, 1.807) is 17.0 Å². The van der Waals surface area contributed by atoms with Crippen LogP contribution >= 0.6 is 11.3 Å². The van der Waals surface area contributed by atoms with Crippen molar-refractivity contribution in [2.45, 2.75) is 32.2 Å². The summed E-state index contributed by atoms with van der Waals surface area (Å²) < 4.78 is 44.9. The Kier molecular flexibility index (Phi) is 7.03. The van der Waals surface area contributed by atoms with E-state index in [-0.39, 0.29) is 54.1 Å². The van der Waals surface area contributed by atoms with E-state index in [1.165, 1.54) is 55.8 Å². The zero-order valence-electron chi connectivity index (χ0n) is 22.2. The maximum Gasteiger partial charge on any atom is 0.303 e. The van der Waals surface area contributed by atoms with Gasteiger partial charge in [0, 0.05) is 63.1 Å². The number of likely N-dealkylation sites (tertiary alicyclic amines) is 1. The number of rotatable bonds is 6. The van der Waals surface area contributed by atoms with Gasteiger partial charge in [-0.3, -0.25) is 13.9 Å². The van der Waals surface area contributed by atoms with Crippen LogP contribution in [-0.2, 0) is 28.0 Å². The number of imidazole rings is 1. The molecule has 0 atom stereocenters. The number of aromatic hydroxyl groups is 1. The molecule has 4 aromatic rings. The molecule has 3 aromatic heterocycles. The van der Waals surface area contributed by atoms with Crippen LogP contribution in [0.2, 0.25) is 0 Å². The quantitative estimate of drug-likeness (QED) is 0.358. The summed E-state index contributed by atoms with van der Waals surface area (Å²) in [6, 6.07) is 4.02. The summed E-state index contributed by atoms with van der Waals surface area (Å²) in [5, 5.41) is 11.0. The van der Waals surface area contributed by atoms with Crippen LogP contribution in [0, 0.1) is 5.82 Å². The standard InChI is InChI=1S/C26H28FN7O5S2/c1-30-9-12-34(41(30,38)39)20-14-18(27)6-5-17(20)13-19-15-28-24(40-19)22-23(36)25(37)33-11-10-32(26(33)29-22)16-21(35)31-7-3-2-4-8-31/h5-6,10-11,14-15,36H,2-4,7-9,12-13,16H2,1H3. The van der Waals surface area contributed by atoms with Gasteiger partial charge in [0.25, 0.3) is 0 Å². The maximum atomic E-state index is 14.2. The van der Waals surface area contributed by atoms with Crippen LogP contribution in [0.25, 0.3) is 16.5 Å². The van der Waals surface area contributed by atoms with E-state index in [0.29, 0.717) is 23.5 Å². The number of aromatic nitrogens is 4. The number of hydrogen-bond acceptors (Lipinski definition) is 8. The van der Waals surface area contributed by atoms with Gasteiger partial charge in [0.05, 0.1) is 5.69 Å². The third-order valence-corrected chi connectivity index (χ3v) is 10.4. The second kappa shape index (κ2) is 10.5. The second-order valence-electron chi connectivity index (χ2n) is 10.1. The van der Waals surface area contributed by atoms with Crippen molar-refractivity contribution in [1.82, 2.24) is 28.1 Å². The van der Waals surface area contributed by atoms with E-state index in [4.69, 9.17) is 0 Å². The lowest BCUT2D eigenvalue weighted by atomic mass is 10.1. The number of halogens is 1. The van der Waals surface area contributed by atoms with Gasteiger partial charge >= 0.3 is 15.8 Å². The number of benzene rings is 1. The molecule has 0 saturated carbocycles. The number of piperidine rings is 1. The summed E-state index contributed by atoms with van der Waals surface area (Å²) >= 11 is 1.17. The normalized spacial score (nSPS) is 17.5. The molecule has 6 rings (SSSR count). The summed E-state index contributed by atoms with van der Waals surface area (Å²) in [4.78, 5) is 37.2. The van der Waals surface area contributed by atoms with E-state index in [2.05, 4.69) is 9.97 Å². The van der Waals surface area contributed by atoms with E-state index in [0.717, 1.165) is 19.3 Å². The Balaban J connectivity index is 1.31. The molecule has 0 unspecified atom stereocenters. The molecule has 12 nitrogen and oxygen atoms in total. The first-order valence-corrected chi connectivity index (χ1v) is 15.4. The maximum absolute atomic E-state index is 14.2. The van der Waals surface area contributed by atoms with Crippen LogP contribution in [-0.4, -0.2) is 80.8 Å². The highest BCUT2D eigenvalue weighted by molar-refractivity contribution is 7.90. The Morgan fingerprint density at radius 3 is 2.63 bits per heavy atom. The highest BCUT2D eigenvalue weighted by Crippen LogP contribution is 2.34. The van der Waals surface area contributed by atoms with Gasteiger partial charge in [0.2, 0.25) is 17.4 Å². The fourth-order valence-electron chi connectivity index (χ4n) is 5.21. The number of likely N-dealkylation sites (N-methyl/N-ethyl adjacent to an activating group) is 1. The number of fused-ring (bicyclic) bond motifs is 1. The summed E-state index contributed by atoms with van der Waals surface area (Å²) in [5.74, 6) is -0.987. The van der Waals surface area contributed by atoms with Gasteiger partial charge in [-0.15, -0.1) is 11.3 Å². The highest BCUT2D eigenvalue weighted by atomic mass is 32.2. The van der Waals surface area contributed by atoms with Gasteiger partial charge in [0.1, 0.15) is 17.4 Å². The van der Waals surface area contributed by atoms with Crippen LogP contribution < -0.4 is 9.86 Å². The number of carbonyl (C=O) groups excluding carboxylic acids is 1. The number of hydrogen-bond donors (Lipinski definition) is 1. The van der Waals surface area contributed by atoms with Crippen molar-refractivity contribution in [3.63, 3.8) is 0 Å². The molecule has 2 aliphatic rings. The topological polar surface area (TPSA) is 133 Å². The van der Waals surface area contributed by atoms with Crippen molar-refractivity contribution in [1.29, 1.82) is 0 Å². The Hall–Kier alpha value is -3.82. The van der Waals surface area contributed by atoms with Crippen molar-refractivity contribution in [2.24, 2.45) is 0 Å². The zero-order valence-corrected chi connectivity index (χ0v) is 23.9. The molecule has 2 aliphatic heterocycles. The first-order valence-electron chi connectivity index (χ1n) is 13.2.